The third-order valence-electron chi connectivity index (χ3n) is 2.05. The highest BCUT2D eigenvalue weighted by molar-refractivity contribution is 7.09. The molecule has 6 nitrogen and oxygen atoms in total. The Balaban J connectivity index is 2.66. The minimum Gasteiger partial charge on any atom is -0.467 e. The number of thiazole rings is 1. The number of aromatic nitrogens is 1. The van der Waals surface area contributed by atoms with Gasteiger partial charge in [0.1, 0.15) is 16.7 Å². The van der Waals surface area contributed by atoms with Gasteiger partial charge >= 0.3 is 5.97 Å². The zero-order chi connectivity index (χ0) is 13.0. The van der Waals surface area contributed by atoms with Crippen LogP contribution < -0.4 is 11.1 Å². The van der Waals surface area contributed by atoms with Gasteiger partial charge in [-0.1, -0.05) is 0 Å². The highest BCUT2D eigenvalue weighted by Gasteiger charge is 2.19. The normalized spacial score (nSPS) is 13.9. The van der Waals surface area contributed by atoms with E-state index in [4.69, 9.17) is 5.73 Å². The monoisotopic (exact) mass is 257 g/mol. The summed E-state index contributed by atoms with van der Waals surface area (Å²) in [4.78, 5) is 26.9. The second kappa shape index (κ2) is 5.74. The molecule has 7 heteroatoms. The fraction of sp³-hybridized carbons (Fsp3) is 0.500. The first-order valence-corrected chi connectivity index (χ1v) is 5.93. The Morgan fingerprint density at radius 3 is 2.65 bits per heavy atom. The van der Waals surface area contributed by atoms with Crippen LogP contribution in [-0.4, -0.2) is 30.0 Å². The number of nitrogens with two attached hydrogens (primary N) is 1. The Kier molecular flexibility index (Phi) is 4.59. The van der Waals surface area contributed by atoms with E-state index in [-0.39, 0.29) is 11.7 Å². The molecule has 0 aromatic carbocycles. The van der Waals surface area contributed by atoms with Crippen LogP contribution in [0.3, 0.4) is 0 Å². The van der Waals surface area contributed by atoms with Crippen molar-refractivity contribution in [2.45, 2.75) is 25.9 Å². The third-order valence-corrected chi connectivity index (χ3v) is 3.09. The highest BCUT2D eigenvalue weighted by Crippen LogP contribution is 2.15. The number of amides is 1. The first-order valence-electron chi connectivity index (χ1n) is 5.05. The first kappa shape index (κ1) is 13.6. The molecule has 1 aromatic heterocycles. The van der Waals surface area contributed by atoms with E-state index in [9.17, 15) is 9.59 Å². The Labute approximate surface area is 103 Å². The molecule has 1 aromatic rings. The van der Waals surface area contributed by atoms with Gasteiger partial charge in [0, 0.05) is 5.38 Å². The highest BCUT2D eigenvalue weighted by atomic mass is 32.1. The summed E-state index contributed by atoms with van der Waals surface area (Å²) >= 11 is 1.31. The molecule has 1 heterocycles. The molecular formula is C10H15N3O3S. The Bertz CT molecular complexity index is 417. The SMILES string of the molecule is COC(=O)[C@H](C)NC(=O)c1csc(C(C)N)n1. The number of carbonyl (C=O) groups is 2. The van der Waals surface area contributed by atoms with Crippen molar-refractivity contribution in [2.24, 2.45) is 5.73 Å². The van der Waals surface area contributed by atoms with E-state index in [0.717, 1.165) is 0 Å². The molecule has 3 N–H and O–H groups in total. The molecule has 1 unspecified atom stereocenters. The maximum absolute atomic E-state index is 11.7. The van der Waals surface area contributed by atoms with Gasteiger partial charge in [0.25, 0.3) is 5.91 Å². The summed E-state index contributed by atoms with van der Waals surface area (Å²) in [6.07, 6.45) is 0. The van der Waals surface area contributed by atoms with Gasteiger partial charge in [-0.3, -0.25) is 4.79 Å². The molecule has 0 aliphatic rings. The maximum atomic E-state index is 11.7. The van der Waals surface area contributed by atoms with E-state index in [0.29, 0.717) is 5.01 Å². The summed E-state index contributed by atoms with van der Waals surface area (Å²) in [5, 5.41) is 4.78. The molecule has 17 heavy (non-hydrogen) atoms. The predicted molar refractivity (Wildman–Crippen MR) is 63.7 cm³/mol. The Hall–Kier alpha value is -1.47. The summed E-state index contributed by atoms with van der Waals surface area (Å²) in [5.74, 6) is -0.910. The lowest BCUT2D eigenvalue weighted by Gasteiger charge is -2.09. The zero-order valence-corrected chi connectivity index (χ0v) is 10.7. The van der Waals surface area contributed by atoms with Crippen LogP contribution in [0.2, 0.25) is 0 Å². The molecule has 2 atom stereocenters. The minimum atomic E-state index is -0.701. The molecule has 0 aliphatic heterocycles. The number of hydrogen-bond acceptors (Lipinski definition) is 6. The van der Waals surface area contributed by atoms with E-state index in [1.165, 1.54) is 18.4 Å². The number of hydrogen-bond donors (Lipinski definition) is 2. The summed E-state index contributed by atoms with van der Waals surface area (Å²) in [5.41, 5.74) is 5.90. The van der Waals surface area contributed by atoms with E-state index < -0.39 is 17.9 Å². The molecule has 94 valence electrons. The Morgan fingerprint density at radius 1 is 1.53 bits per heavy atom. The summed E-state index contributed by atoms with van der Waals surface area (Å²) in [7, 11) is 1.27. The predicted octanol–water partition coefficient (Wildman–Crippen LogP) is 0.454. The van der Waals surface area contributed by atoms with E-state index in [1.54, 1.807) is 19.2 Å². The molecule has 0 saturated heterocycles. The van der Waals surface area contributed by atoms with E-state index in [1.807, 2.05) is 0 Å². The first-order chi connectivity index (χ1) is 7.95. The Morgan fingerprint density at radius 2 is 2.18 bits per heavy atom. The fourth-order valence-electron chi connectivity index (χ4n) is 1.11. The van der Waals surface area contributed by atoms with E-state index >= 15 is 0 Å². The number of methoxy groups -OCH3 is 1. The molecule has 0 radical (unpaired) electrons. The van der Waals surface area contributed by atoms with Gasteiger partial charge in [-0.05, 0) is 13.8 Å². The van der Waals surface area contributed by atoms with Crippen LogP contribution >= 0.6 is 11.3 Å². The minimum absolute atomic E-state index is 0.209. The quantitative estimate of drug-likeness (QED) is 0.764. The van der Waals surface area contributed by atoms with Crippen molar-refractivity contribution in [1.82, 2.24) is 10.3 Å². The van der Waals surface area contributed by atoms with Crippen molar-refractivity contribution in [1.29, 1.82) is 0 Å². The lowest BCUT2D eigenvalue weighted by molar-refractivity contribution is -0.142. The van der Waals surface area contributed by atoms with Crippen LogP contribution in [-0.2, 0) is 9.53 Å². The van der Waals surface area contributed by atoms with Gasteiger partial charge in [-0.15, -0.1) is 11.3 Å². The van der Waals surface area contributed by atoms with Crippen LogP contribution in [0.5, 0.6) is 0 Å². The second-order valence-corrected chi connectivity index (χ2v) is 4.47. The van der Waals surface area contributed by atoms with Crippen LogP contribution in [0.1, 0.15) is 35.4 Å². The topological polar surface area (TPSA) is 94.3 Å². The van der Waals surface area contributed by atoms with Gasteiger partial charge in [0.15, 0.2) is 0 Å². The summed E-state index contributed by atoms with van der Waals surface area (Å²) < 4.78 is 4.50. The molecular weight excluding hydrogens is 242 g/mol. The molecule has 0 bridgehead atoms. The van der Waals surface area contributed by atoms with Crippen molar-refractivity contribution >= 4 is 23.2 Å². The van der Waals surface area contributed by atoms with Crippen LogP contribution in [0.25, 0.3) is 0 Å². The number of carbonyl (C=O) groups excluding carboxylic acids is 2. The van der Waals surface area contributed by atoms with E-state index in [2.05, 4.69) is 15.0 Å². The molecule has 0 fully saturated rings. The van der Waals surface area contributed by atoms with Crippen molar-refractivity contribution in [3.8, 4) is 0 Å². The van der Waals surface area contributed by atoms with Crippen molar-refractivity contribution < 1.29 is 14.3 Å². The van der Waals surface area contributed by atoms with Gasteiger partial charge in [-0.25, -0.2) is 9.78 Å². The fourth-order valence-corrected chi connectivity index (χ4v) is 1.87. The lowest BCUT2D eigenvalue weighted by atomic mass is 10.3. The van der Waals surface area contributed by atoms with Crippen LogP contribution in [0, 0.1) is 0 Å². The summed E-state index contributed by atoms with van der Waals surface area (Å²) in [6.45, 7) is 3.33. The van der Waals surface area contributed by atoms with Crippen LogP contribution in [0.15, 0.2) is 5.38 Å². The average Bonchev–Trinajstić information content (AvgIpc) is 2.77. The number of esters is 1. The molecule has 0 saturated carbocycles. The van der Waals surface area contributed by atoms with Crippen LogP contribution in [0.4, 0.5) is 0 Å². The van der Waals surface area contributed by atoms with Gasteiger partial charge < -0.3 is 15.8 Å². The van der Waals surface area contributed by atoms with Gasteiger partial charge in [-0.2, -0.15) is 0 Å². The van der Waals surface area contributed by atoms with Crippen molar-refractivity contribution in [3.63, 3.8) is 0 Å². The molecule has 0 aliphatic carbocycles. The number of rotatable bonds is 4. The number of ether oxygens (including phenoxy) is 1. The number of nitrogens with one attached hydrogen (secondary N) is 1. The number of nitrogens with zero attached hydrogens (tertiary/aromatic N) is 1. The third kappa shape index (κ3) is 3.50. The van der Waals surface area contributed by atoms with Crippen molar-refractivity contribution in [2.75, 3.05) is 7.11 Å². The molecule has 1 amide bonds. The lowest BCUT2D eigenvalue weighted by Crippen LogP contribution is -2.39. The molecule has 1 rings (SSSR count). The smallest absolute Gasteiger partial charge is 0.328 e. The van der Waals surface area contributed by atoms with Gasteiger partial charge in [0.05, 0.1) is 13.2 Å². The standard InChI is InChI=1S/C10H15N3O3S/c1-5(11)9-13-7(4-17-9)8(14)12-6(2)10(15)16-3/h4-6H,11H2,1-3H3,(H,12,14)/t5?,6-/m0/s1. The second-order valence-electron chi connectivity index (χ2n) is 3.58. The largest absolute Gasteiger partial charge is 0.467 e. The molecule has 0 spiro atoms. The van der Waals surface area contributed by atoms with Crippen molar-refractivity contribution in [3.05, 3.63) is 16.1 Å². The maximum Gasteiger partial charge on any atom is 0.328 e. The average molecular weight is 257 g/mol. The zero-order valence-electron chi connectivity index (χ0n) is 9.89. The summed E-state index contributed by atoms with van der Waals surface area (Å²) in [6, 6.07) is -0.910. The van der Waals surface area contributed by atoms with Gasteiger partial charge in [0.2, 0.25) is 0 Å².